The third-order valence-corrected chi connectivity index (χ3v) is 4.48. The number of hydrogen-bond acceptors (Lipinski definition) is 3. The molecule has 0 radical (unpaired) electrons. The standard InChI is InChI=1S/C19H24N2O3/c1-12-15-6-3-4-7-16(15)24-18(12)13(2)21-17(22)8-5-11-20-19(23)14-9-10-14/h3-4,6-7,13-14H,5,8-11H2,1-2H3,(H,20,23)(H,21,22)/t13-/m1/s1. The topological polar surface area (TPSA) is 71.3 Å². The van der Waals surface area contributed by atoms with E-state index in [1.165, 1.54) is 0 Å². The first kappa shape index (κ1) is 16.6. The van der Waals surface area contributed by atoms with E-state index in [2.05, 4.69) is 10.6 Å². The van der Waals surface area contributed by atoms with Crippen LogP contribution in [0.3, 0.4) is 0 Å². The lowest BCUT2D eigenvalue weighted by Crippen LogP contribution is -2.29. The molecule has 0 aliphatic heterocycles. The van der Waals surface area contributed by atoms with Gasteiger partial charge in [-0.2, -0.15) is 0 Å². The molecule has 0 bridgehead atoms. The summed E-state index contributed by atoms with van der Waals surface area (Å²) in [6.07, 6.45) is 3.05. The van der Waals surface area contributed by atoms with Gasteiger partial charge in [0.1, 0.15) is 11.3 Å². The highest BCUT2D eigenvalue weighted by Crippen LogP contribution is 2.29. The summed E-state index contributed by atoms with van der Waals surface area (Å²) in [5.74, 6) is 1.12. The van der Waals surface area contributed by atoms with E-state index in [4.69, 9.17) is 4.42 Å². The van der Waals surface area contributed by atoms with Crippen molar-refractivity contribution in [3.8, 4) is 0 Å². The van der Waals surface area contributed by atoms with Crippen LogP contribution in [0.15, 0.2) is 28.7 Å². The van der Waals surface area contributed by atoms with Crippen molar-refractivity contribution in [2.75, 3.05) is 6.54 Å². The first-order valence-electron chi connectivity index (χ1n) is 8.61. The molecule has 1 heterocycles. The Morgan fingerprint density at radius 1 is 1.29 bits per heavy atom. The zero-order chi connectivity index (χ0) is 17.1. The highest BCUT2D eigenvalue weighted by atomic mass is 16.3. The number of fused-ring (bicyclic) bond motifs is 1. The Morgan fingerprint density at radius 2 is 2.04 bits per heavy atom. The lowest BCUT2D eigenvalue weighted by Gasteiger charge is -2.12. The molecule has 128 valence electrons. The fourth-order valence-corrected chi connectivity index (χ4v) is 2.94. The number of carbonyl (C=O) groups is 2. The van der Waals surface area contributed by atoms with E-state index in [9.17, 15) is 9.59 Å². The van der Waals surface area contributed by atoms with Gasteiger partial charge in [-0.1, -0.05) is 18.2 Å². The van der Waals surface area contributed by atoms with Crippen molar-refractivity contribution < 1.29 is 14.0 Å². The molecule has 1 atom stereocenters. The first-order chi connectivity index (χ1) is 11.6. The van der Waals surface area contributed by atoms with Crippen LogP contribution in [0.2, 0.25) is 0 Å². The molecule has 2 aromatic rings. The van der Waals surface area contributed by atoms with E-state index >= 15 is 0 Å². The molecular weight excluding hydrogens is 304 g/mol. The minimum Gasteiger partial charge on any atom is -0.459 e. The van der Waals surface area contributed by atoms with Gasteiger partial charge in [0.15, 0.2) is 0 Å². The lowest BCUT2D eigenvalue weighted by atomic mass is 10.1. The van der Waals surface area contributed by atoms with Crippen molar-refractivity contribution in [3.05, 3.63) is 35.6 Å². The van der Waals surface area contributed by atoms with Gasteiger partial charge in [0, 0.05) is 29.8 Å². The van der Waals surface area contributed by atoms with Crippen LogP contribution in [-0.4, -0.2) is 18.4 Å². The Bertz CT molecular complexity index is 746. The van der Waals surface area contributed by atoms with Gasteiger partial charge in [-0.25, -0.2) is 0 Å². The summed E-state index contributed by atoms with van der Waals surface area (Å²) in [5, 5.41) is 6.93. The molecule has 1 aromatic carbocycles. The molecule has 2 amide bonds. The smallest absolute Gasteiger partial charge is 0.223 e. The van der Waals surface area contributed by atoms with Crippen molar-refractivity contribution in [2.45, 2.75) is 45.6 Å². The van der Waals surface area contributed by atoms with Gasteiger partial charge >= 0.3 is 0 Å². The molecule has 3 rings (SSSR count). The SMILES string of the molecule is Cc1c([C@@H](C)NC(=O)CCCNC(=O)C2CC2)oc2ccccc12. The Balaban J connectivity index is 1.48. The Hall–Kier alpha value is -2.30. The monoisotopic (exact) mass is 328 g/mol. The van der Waals surface area contributed by atoms with E-state index in [-0.39, 0.29) is 23.8 Å². The van der Waals surface area contributed by atoms with Crippen LogP contribution < -0.4 is 10.6 Å². The van der Waals surface area contributed by atoms with Crippen LogP contribution in [0.1, 0.15) is 50.0 Å². The zero-order valence-electron chi connectivity index (χ0n) is 14.2. The molecular formula is C19H24N2O3. The fraction of sp³-hybridized carbons (Fsp3) is 0.474. The molecule has 0 unspecified atom stereocenters. The lowest BCUT2D eigenvalue weighted by molar-refractivity contribution is -0.123. The normalized spacial score (nSPS) is 15.2. The van der Waals surface area contributed by atoms with E-state index < -0.39 is 0 Å². The molecule has 1 aliphatic carbocycles. The maximum Gasteiger partial charge on any atom is 0.223 e. The van der Waals surface area contributed by atoms with Crippen LogP contribution in [0.25, 0.3) is 11.0 Å². The largest absolute Gasteiger partial charge is 0.459 e. The van der Waals surface area contributed by atoms with Gasteiger partial charge in [-0.05, 0) is 39.2 Å². The molecule has 5 heteroatoms. The molecule has 0 spiro atoms. The van der Waals surface area contributed by atoms with E-state index in [0.717, 1.165) is 35.1 Å². The maximum atomic E-state index is 12.1. The van der Waals surface area contributed by atoms with E-state index in [0.29, 0.717) is 19.4 Å². The Kier molecular flexibility index (Phi) is 4.88. The van der Waals surface area contributed by atoms with E-state index in [1.54, 1.807) is 0 Å². The first-order valence-corrected chi connectivity index (χ1v) is 8.61. The highest BCUT2D eigenvalue weighted by molar-refractivity contribution is 5.83. The quantitative estimate of drug-likeness (QED) is 0.767. The van der Waals surface area contributed by atoms with Crippen LogP contribution in [-0.2, 0) is 9.59 Å². The zero-order valence-corrected chi connectivity index (χ0v) is 14.2. The number of furan rings is 1. The van der Waals surface area contributed by atoms with Crippen molar-refractivity contribution in [3.63, 3.8) is 0 Å². The molecule has 0 saturated heterocycles. The Morgan fingerprint density at radius 3 is 2.75 bits per heavy atom. The van der Waals surface area contributed by atoms with Gasteiger partial charge in [0.2, 0.25) is 11.8 Å². The summed E-state index contributed by atoms with van der Waals surface area (Å²) in [6.45, 7) is 4.50. The Labute approximate surface area is 141 Å². The summed E-state index contributed by atoms with van der Waals surface area (Å²) in [7, 11) is 0. The number of rotatable bonds is 7. The second-order valence-corrected chi connectivity index (χ2v) is 6.55. The second-order valence-electron chi connectivity index (χ2n) is 6.55. The third-order valence-electron chi connectivity index (χ3n) is 4.48. The average molecular weight is 328 g/mol. The van der Waals surface area contributed by atoms with Crippen molar-refractivity contribution in [1.82, 2.24) is 10.6 Å². The number of para-hydroxylation sites is 1. The number of benzene rings is 1. The van der Waals surface area contributed by atoms with Gasteiger partial charge < -0.3 is 15.1 Å². The van der Waals surface area contributed by atoms with Crippen LogP contribution >= 0.6 is 0 Å². The predicted molar refractivity (Wildman–Crippen MR) is 92.5 cm³/mol. The highest BCUT2D eigenvalue weighted by Gasteiger charge is 2.29. The minimum atomic E-state index is -0.175. The van der Waals surface area contributed by atoms with Crippen LogP contribution in [0.4, 0.5) is 0 Å². The number of amides is 2. The summed E-state index contributed by atoms with van der Waals surface area (Å²) in [5.41, 5.74) is 1.91. The molecule has 1 fully saturated rings. The maximum absolute atomic E-state index is 12.1. The minimum absolute atomic E-state index is 0.0250. The van der Waals surface area contributed by atoms with Crippen molar-refractivity contribution >= 4 is 22.8 Å². The van der Waals surface area contributed by atoms with Gasteiger partial charge in [-0.3, -0.25) is 9.59 Å². The van der Waals surface area contributed by atoms with Crippen molar-refractivity contribution in [2.24, 2.45) is 5.92 Å². The van der Waals surface area contributed by atoms with E-state index in [1.807, 2.05) is 38.1 Å². The molecule has 1 aliphatic rings. The van der Waals surface area contributed by atoms with Gasteiger partial charge in [0.25, 0.3) is 0 Å². The molecule has 24 heavy (non-hydrogen) atoms. The summed E-state index contributed by atoms with van der Waals surface area (Å²) < 4.78 is 5.88. The molecule has 1 aromatic heterocycles. The third kappa shape index (κ3) is 3.78. The molecule has 2 N–H and O–H groups in total. The summed E-state index contributed by atoms with van der Waals surface area (Å²) in [4.78, 5) is 23.6. The van der Waals surface area contributed by atoms with Crippen LogP contribution in [0.5, 0.6) is 0 Å². The number of hydrogen-bond donors (Lipinski definition) is 2. The molecule has 1 saturated carbocycles. The van der Waals surface area contributed by atoms with Crippen molar-refractivity contribution in [1.29, 1.82) is 0 Å². The van der Waals surface area contributed by atoms with Crippen LogP contribution in [0, 0.1) is 12.8 Å². The summed E-state index contributed by atoms with van der Waals surface area (Å²) in [6, 6.07) is 7.70. The second kappa shape index (κ2) is 7.07. The average Bonchev–Trinajstić information content (AvgIpc) is 3.36. The van der Waals surface area contributed by atoms with Gasteiger partial charge in [0.05, 0.1) is 6.04 Å². The predicted octanol–water partition coefficient (Wildman–Crippen LogP) is 3.22. The van der Waals surface area contributed by atoms with Gasteiger partial charge in [-0.15, -0.1) is 0 Å². The summed E-state index contributed by atoms with van der Waals surface area (Å²) >= 11 is 0. The number of carbonyl (C=O) groups excluding carboxylic acids is 2. The number of aryl methyl sites for hydroxylation is 1. The molecule has 5 nitrogen and oxygen atoms in total. The fourth-order valence-electron chi connectivity index (χ4n) is 2.94. The number of nitrogens with one attached hydrogen (secondary N) is 2.